The maximum Gasteiger partial charge on any atom is 0.00903 e. The monoisotopic (exact) mass is 185 g/mol. The molecule has 0 unspecified atom stereocenters. The van der Waals surface area contributed by atoms with Crippen LogP contribution in [0.3, 0.4) is 0 Å². The Balaban J connectivity index is 0. The van der Waals surface area contributed by atoms with E-state index in [0.717, 1.165) is 6.42 Å². The van der Waals surface area contributed by atoms with E-state index in [-0.39, 0.29) is 0 Å². The molecule has 0 radical (unpaired) electrons. The fourth-order valence-electron chi connectivity index (χ4n) is 1.28. The Labute approximate surface area is 84.6 Å². The van der Waals surface area contributed by atoms with Crippen LogP contribution in [0.2, 0.25) is 0 Å². The molecule has 80 valence electrons. The van der Waals surface area contributed by atoms with Crippen molar-refractivity contribution in [3.05, 3.63) is 11.3 Å². The second kappa shape index (κ2) is 11.5. The highest BCUT2D eigenvalue weighted by molar-refractivity contribution is 5.09. The van der Waals surface area contributed by atoms with Gasteiger partial charge in [-0.3, -0.25) is 0 Å². The van der Waals surface area contributed by atoms with Crippen LogP contribution in [0, 0.1) is 0 Å². The first-order chi connectivity index (χ1) is 6.26. The highest BCUT2D eigenvalue weighted by Crippen LogP contribution is 2.11. The van der Waals surface area contributed by atoms with Gasteiger partial charge in [0, 0.05) is 12.7 Å². The molecule has 0 saturated heterocycles. The fraction of sp³-hybridized carbons (Fsp3) is 0.833. The number of hydrogen-bond acceptors (Lipinski definition) is 1. The van der Waals surface area contributed by atoms with E-state index in [2.05, 4.69) is 26.1 Å². The van der Waals surface area contributed by atoms with E-state index in [1.54, 1.807) is 0 Å². The molecule has 0 spiro atoms. The zero-order valence-electron chi connectivity index (χ0n) is 10.3. The third-order valence-corrected chi connectivity index (χ3v) is 2.08. The first-order valence-corrected chi connectivity index (χ1v) is 5.62. The topological polar surface area (TPSA) is 12.0 Å². The van der Waals surface area contributed by atoms with Gasteiger partial charge in [-0.05, 0) is 26.2 Å². The molecule has 1 N–H and O–H groups in total. The van der Waals surface area contributed by atoms with E-state index in [0.29, 0.717) is 0 Å². The summed E-state index contributed by atoms with van der Waals surface area (Å²) in [6.45, 7) is 10.7. The zero-order valence-corrected chi connectivity index (χ0v) is 10.3. The summed E-state index contributed by atoms with van der Waals surface area (Å²) in [4.78, 5) is 0. The minimum absolute atomic E-state index is 1.13. The second-order valence-corrected chi connectivity index (χ2v) is 2.97. The molecule has 13 heavy (non-hydrogen) atoms. The first-order valence-electron chi connectivity index (χ1n) is 5.62. The Morgan fingerprint density at radius 1 is 1.15 bits per heavy atom. The lowest BCUT2D eigenvalue weighted by atomic mass is 10.1. The van der Waals surface area contributed by atoms with Gasteiger partial charge in [0.1, 0.15) is 0 Å². The summed E-state index contributed by atoms with van der Waals surface area (Å²) in [5.41, 5.74) is 2.94. The van der Waals surface area contributed by atoms with Gasteiger partial charge in [-0.15, -0.1) is 0 Å². The van der Waals surface area contributed by atoms with Crippen molar-refractivity contribution < 1.29 is 0 Å². The maximum atomic E-state index is 3.24. The number of hydrogen-bond donors (Lipinski definition) is 1. The summed E-state index contributed by atoms with van der Waals surface area (Å²) in [5, 5.41) is 3.24. The van der Waals surface area contributed by atoms with Crippen LogP contribution >= 0.6 is 0 Å². The molecule has 0 fully saturated rings. The van der Waals surface area contributed by atoms with Gasteiger partial charge < -0.3 is 5.32 Å². The molecule has 0 amide bonds. The Morgan fingerprint density at radius 3 is 2.00 bits per heavy atom. The van der Waals surface area contributed by atoms with Gasteiger partial charge in [-0.2, -0.15) is 0 Å². The van der Waals surface area contributed by atoms with Crippen LogP contribution in [0.15, 0.2) is 11.3 Å². The molecule has 0 heterocycles. The predicted molar refractivity (Wildman–Crippen MR) is 62.9 cm³/mol. The van der Waals surface area contributed by atoms with E-state index in [1.165, 1.54) is 30.5 Å². The van der Waals surface area contributed by atoms with Gasteiger partial charge in [-0.1, -0.05) is 39.7 Å². The fourth-order valence-corrected chi connectivity index (χ4v) is 1.28. The van der Waals surface area contributed by atoms with Crippen LogP contribution in [-0.4, -0.2) is 7.05 Å². The molecule has 0 aromatic heterocycles. The van der Waals surface area contributed by atoms with E-state index < -0.39 is 0 Å². The van der Waals surface area contributed by atoms with Crippen LogP contribution in [-0.2, 0) is 0 Å². The third kappa shape index (κ3) is 7.89. The summed E-state index contributed by atoms with van der Waals surface area (Å²) in [7, 11) is 2.01. The standard InChI is InChI=1S/C10H21N.C2H6/c1-5-7-8-9(3)10(6-2)11-4;1-2/h11H,5-8H2,1-4H3;1-2H3/b10-9+;. The summed E-state index contributed by atoms with van der Waals surface area (Å²) in [6, 6.07) is 0. The van der Waals surface area contributed by atoms with Gasteiger partial charge >= 0.3 is 0 Å². The molecule has 0 aliphatic carbocycles. The number of rotatable bonds is 5. The predicted octanol–water partition coefficient (Wildman–Crippen LogP) is 4.11. The Bertz CT molecular complexity index is 119. The summed E-state index contributed by atoms with van der Waals surface area (Å²) < 4.78 is 0. The van der Waals surface area contributed by atoms with E-state index in [1.807, 2.05) is 20.9 Å². The first kappa shape index (κ1) is 15.0. The largest absolute Gasteiger partial charge is 0.391 e. The number of nitrogens with one attached hydrogen (secondary N) is 1. The summed E-state index contributed by atoms with van der Waals surface area (Å²) in [6.07, 6.45) is 4.99. The smallest absolute Gasteiger partial charge is 0.00903 e. The molecule has 0 aromatic rings. The minimum atomic E-state index is 1.13. The van der Waals surface area contributed by atoms with Crippen molar-refractivity contribution in [2.45, 2.75) is 60.3 Å². The van der Waals surface area contributed by atoms with Crippen LogP contribution in [0.4, 0.5) is 0 Å². The molecule has 0 saturated carbocycles. The quantitative estimate of drug-likeness (QED) is 0.680. The Hall–Kier alpha value is -0.460. The highest BCUT2D eigenvalue weighted by atomic mass is 14.8. The van der Waals surface area contributed by atoms with Crippen molar-refractivity contribution in [2.75, 3.05) is 7.05 Å². The van der Waals surface area contributed by atoms with Crippen molar-refractivity contribution in [3.63, 3.8) is 0 Å². The molecule has 0 atom stereocenters. The van der Waals surface area contributed by atoms with Crippen molar-refractivity contribution in [1.82, 2.24) is 5.32 Å². The summed E-state index contributed by atoms with van der Waals surface area (Å²) in [5.74, 6) is 0. The Kier molecular flexibility index (Phi) is 13.3. The molecule has 0 aromatic carbocycles. The molecule has 1 nitrogen and oxygen atoms in total. The Morgan fingerprint density at radius 2 is 1.69 bits per heavy atom. The van der Waals surface area contributed by atoms with Crippen LogP contribution in [0.25, 0.3) is 0 Å². The highest BCUT2D eigenvalue weighted by Gasteiger charge is 1.96. The molecular formula is C12H27N. The molecule has 0 aliphatic rings. The van der Waals surface area contributed by atoms with Crippen molar-refractivity contribution in [2.24, 2.45) is 0 Å². The lowest BCUT2D eigenvalue weighted by Gasteiger charge is -2.08. The molecule has 1 heteroatoms. The average Bonchev–Trinajstić information content (AvgIpc) is 2.19. The number of allylic oxidation sites excluding steroid dienone is 2. The van der Waals surface area contributed by atoms with Crippen molar-refractivity contribution in [1.29, 1.82) is 0 Å². The van der Waals surface area contributed by atoms with E-state index >= 15 is 0 Å². The van der Waals surface area contributed by atoms with Crippen LogP contribution in [0.5, 0.6) is 0 Å². The van der Waals surface area contributed by atoms with Crippen LogP contribution < -0.4 is 5.32 Å². The van der Waals surface area contributed by atoms with Crippen LogP contribution in [0.1, 0.15) is 60.3 Å². The molecule has 0 bridgehead atoms. The average molecular weight is 185 g/mol. The van der Waals surface area contributed by atoms with E-state index in [4.69, 9.17) is 0 Å². The minimum Gasteiger partial charge on any atom is -0.391 e. The molecule has 0 rings (SSSR count). The normalized spacial score (nSPS) is 11.2. The number of unbranched alkanes of at least 4 members (excludes halogenated alkanes) is 1. The van der Waals surface area contributed by atoms with E-state index in [9.17, 15) is 0 Å². The van der Waals surface area contributed by atoms with Crippen molar-refractivity contribution in [3.8, 4) is 0 Å². The van der Waals surface area contributed by atoms with Gasteiger partial charge in [0.15, 0.2) is 0 Å². The third-order valence-electron chi connectivity index (χ3n) is 2.08. The SMILES string of the molecule is CC.CCCC/C(C)=C(\CC)NC. The van der Waals surface area contributed by atoms with Gasteiger partial charge in [0.25, 0.3) is 0 Å². The summed E-state index contributed by atoms with van der Waals surface area (Å²) >= 11 is 0. The van der Waals surface area contributed by atoms with Gasteiger partial charge in [-0.25, -0.2) is 0 Å². The maximum absolute atomic E-state index is 3.24. The molecular weight excluding hydrogens is 158 g/mol. The molecule has 0 aliphatic heterocycles. The zero-order chi connectivity index (χ0) is 10.7. The van der Waals surface area contributed by atoms with Gasteiger partial charge in [0.05, 0.1) is 0 Å². The van der Waals surface area contributed by atoms with Gasteiger partial charge in [0.2, 0.25) is 0 Å². The lowest BCUT2D eigenvalue weighted by Crippen LogP contribution is -2.07. The van der Waals surface area contributed by atoms with Crippen molar-refractivity contribution >= 4 is 0 Å². The second-order valence-electron chi connectivity index (χ2n) is 2.97. The lowest BCUT2D eigenvalue weighted by molar-refractivity contribution is 0.756.